The average Bonchev–Trinajstić information content (AvgIpc) is 2.68. The molecule has 60 valence electrons. The standard InChI is InChI=1S/C8H12N2O/c1-6-9-2-3-10(6)8-4-7(8)5-11/h2-3,7-8,11H,4-5H2,1H3. The number of aryl methyl sites for hydroxylation is 1. The molecule has 11 heavy (non-hydrogen) atoms. The minimum atomic E-state index is 0.308. The Bertz CT molecular complexity index is 256. The lowest BCUT2D eigenvalue weighted by molar-refractivity contribution is 0.268. The zero-order valence-electron chi connectivity index (χ0n) is 6.57. The fraction of sp³-hybridized carbons (Fsp3) is 0.625. The van der Waals surface area contributed by atoms with Gasteiger partial charge < -0.3 is 9.67 Å². The summed E-state index contributed by atoms with van der Waals surface area (Å²) in [5, 5.41) is 8.83. The molecular weight excluding hydrogens is 140 g/mol. The van der Waals surface area contributed by atoms with E-state index in [1.165, 1.54) is 0 Å². The highest BCUT2D eigenvalue weighted by molar-refractivity contribution is 5.00. The SMILES string of the molecule is Cc1nccn1C1CC1CO. The predicted molar refractivity (Wildman–Crippen MR) is 41.2 cm³/mol. The van der Waals surface area contributed by atoms with Crippen LogP contribution in [0.5, 0.6) is 0 Å². The highest BCUT2D eigenvalue weighted by atomic mass is 16.3. The number of aliphatic hydroxyl groups is 1. The zero-order chi connectivity index (χ0) is 7.84. The van der Waals surface area contributed by atoms with Gasteiger partial charge >= 0.3 is 0 Å². The molecule has 1 heterocycles. The van der Waals surface area contributed by atoms with Crippen molar-refractivity contribution in [1.82, 2.24) is 9.55 Å². The molecule has 0 amide bonds. The third-order valence-electron chi connectivity index (χ3n) is 2.34. The van der Waals surface area contributed by atoms with Crippen LogP contribution in [0.1, 0.15) is 18.3 Å². The van der Waals surface area contributed by atoms with E-state index < -0.39 is 0 Å². The predicted octanol–water partition coefficient (Wildman–Crippen LogP) is 0.745. The van der Waals surface area contributed by atoms with Gasteiger partial charge in [0.1, 0.15) is 5.82 Å². The van der Waals surface area contributed by atoms with E-state index in [1.54, 1.807) is 0 Å². The summed E-state index contributed by atoms with van der Waals surface area (Å²) in [6.07, 6.45) is 4.89. The van der Waals surface area contributed by atoms with E-state index in [1.807, 2.05) is 19.3 Å². The summed E-state index contributed by atoms with van der Waals surface area (Å²) in [7, 11) is 0. The molecule has 1 aromatic rings. The third kappa shape index (κ3) is 1.05. The Balaban J connectivity index is 2.14. The molecule has 1 aliphatic carbocycles. The van der Waals surface area contributed by atoms with Crippen molar-refractivity contribution in [1.29, 1.82) is 0 Å². The number of aliphatic hydroxyl groups excluding tert-OH is 1. The highest BCUT2D eigenvalue weighted by Gasteiger charge is 2.38. The first-order valence-corrected chi connectivity index (χ1v) is 3.93. The fourth-order valence-electron chi connectivity index (χ4n) is 1.51. The summed E-state index contributed by atoms with van der Waals surface area (Å²) in [5.74, 6) is 1.52. The molecule has 3 nitrogen and oxygen atoms in total. The maximum Gasteiger partial charge on any atom is 0.105 e. The molecule has 3 heteroatoms. The second-order valence-electron chi connectivity index (χ2n) is 3.13. The second-order valence-corrected chi connectivity index (χ2v) is 3.13. The van der Waals surface area contributed by atoms with Gasteiger partial charge in [-0.1, -0.05) is 0 Å². The van der Waals surface area contributed by atoms with E-state index in [4.69, 9.17) is 5.11 Å². The summed E-state index contributed by atoms with van der Waals surface area (Å²) in [5.41, 5.74) is 0. The Morgan fingerprint density at radius 1 is 1.82 bits per heavy atom. The van der Waals surface area contributed by atoms with Gasteiger partial charge in [-0.3, -0.25) is 0 Å². The monoisotopic (exact) mass is 152 g/mol. The first-order chi connectivity index (χ1) is 5.33. The van der Waals surface area contributed by atoms with Gasteiger partial charge in [-0.2, -0.15) is 0 Å². The summed E-state index contributed by atoms with van der Waals surface area (Å²) >= 11 is 0. The van der Waals surface area contributed by atoms with Crippen molar-refractivity contribution in [2.24, 2.45) is 5.92 Å². The van der Waals surface area contributed by atoms with Gasteiger partial charge in [0.15, 0.2) is 0 Å². The molecule has 0 aromatic carbocycles. The first-order valence-electron chi connectivity index (χ1n) is 3.93. The largest absolute Gasteiger partial charge is 0.396 e. The van der Waals surface area contributed by atoms with Crippen LogP contribution in [0, 0.1) is 12.8 Å². The van der Waals surface area contributed by atoms with Gasteiger partial charge in [-0.15, -0.1) is 0 Å². The van der Waals surface area contributed by atoms with Crippen molar-refractivity contribution in [3.05, 3.63) is 18.2 Å². The van der Waals surface area contributed by atoms with E-state index in [9.17, 15) is 0 Å². The normalized spacial score (nSPS) is 28.9. The fourth-order valence-corrected chi connectivity index (χ4v) is 1.51. The molecule has 1 aromatic heterocycles. The van der Waals surface area contributed by atoms with Crippen molar-refractivity contribution >= 4 is 0 Å². The van der Waals surface area contributed by atoms with E-state index >= 15 is 0 Å². The number of hydrogen-bond acceptors (Lipinski definition) is 2. The van der Waals surface area contributed by atoms with E-state index in [-0.39, 0.29) is 0 Å². The molecule has 2 rings (SSSR count). The minimum Gasteiger partial charge on any atom is -0.396 e. The lowest BCUT2D eigenvalue weighted by atomic mass is 10.4. The molecule has 1 N–H and O–H groups in total. The zero-order valence-corrected chi connectivity index (χ0v) is 6.57. The summed E-state index contributed by atoms with van der Waals surface area (Å²) < 4.78 is 2.14. The maximum atomic E-state index is 8.83. The Morgan fingerprint density at radius 2 is 2.64 bits per heavy atom. The number of aromatic nitrogens is 2. The van der Waals surface area contributed by atoms with Crippen LogP contribution in [0.4, 0.5) is 0 Å². The number of nitrogens with zero attached hydrogens (tertiary/aromatic N) is 2. The Labute approximate surface area is 65.7 Å². The van der Waals surface area contributed by atoms with Gasteiger partial charge in [-0.25, -0.2) is 4.98 Å². The van der Waals surface area contributed by atoms with E-state index in [2.05, 4.69) is 9.55 Å². The summed E-state index contributed by atoms with van der Waals surface area (Å²) in [6, 6.07) is 0.516. The Morgan fingerprint density at radius 3 is 3.09 bits per heavy atom. The molecule has 0 bridgehead atoms. The van der Waals surface area contributed by atoms with Gasteiger partial charge in [0.25, 0.3) is 0 Å². The quantitative estimate of drug-likeness (QED) is 0.679. The molecular formula is C8H12N2O. The van der Waals surface area contributed by atoms with Gasteiger partial charge in [0, 0.05) is 31.0 Å². The molecule has 1 aliphatic rings. The summed E-state index contributed by atoms with van der Waals surface area (Å²) in [6.45, 7) is 2.30. The van der Waals surface area contributed by atoms with E-state index in [0.29, 0.717) is 18.6 Å². The molecule has 2 atom stereocenters. The second kappa shape index (κ2) is 2.34. The Hall–Kier alpha value is -0.830. The smallest absolute Gasteiger partial charge is 0.105 e. The minimum absolute atomic E-state index is 0.308. The molecule has 0 saturated heterocycles. The van der Waals surface area contributed by atoms with Crippen LogP contribution in [0.15, 0.2) is 12.4 Å². The molecule has 0 radical (unpaired) electrons. The van der Waals surface area contributed by atoms with Crippen molar-refractivity contribution in [3.63, 3.8) is 0 Å². The molecule has 1 fully saturated rings. The van der Waals surface area contributed by atoms with Crippen LogP contribution in [-0.2, 0) is 0 Å². The number of rotatable bonds is 2. The van der Waals surface area contributed by atoms with Crippen LogP contribution < -0.4 is 0 Å². The number of hydrogen-bond donors (Lipinski definition) is 1. The van der Waals surface area contributed by atoms with Crippen molar-refractivity contribution in [2.75, 3.05) is 6.61 Å². The van der Waals surface area contributed by atoms with Gasteiger partial charge in [0.05, 0.1) is 0 Å². The van der Waals surface area contributed by atoms with Crippen LogP contribution in [0.25, 0.3) is 0 Å². The van der Waals surface area contributed by atoms with Gasteiger partial charge in [0.2, 0.25) is 0 Å². The third-order valence-corrected chi connectivity index (χ3v) is 2.34. The maximum absolute atomic E-state index is 8.83. The van der Waals surface area contributed by atoms with Crippen LogP contribution >= 0.6 is 0 Å². The van der Waals surface area contributed by atoms with Crippen molar-refractivity contribution in [3.8, 4) is 0 Å². The molecule has 0 spiro atoms. The average molecular weight is 152 g/mol. The highest BCUT2D eigenvalue weighted by Crippen LogP contribution is 2.42. The van der Waals surface area contributed by atoms with Crippen molar-refractivity contribution in [2.45, 2.75) is 19.4 Å². The molecule has 1 saturated carbocycles. The van der Waals surface area contributed by atoms with Crippen LogP contribution in [0.2, 0.25) is 0 Å². The Kier molecular flexibility index (Phi) is 1.46. The van der Waals surface area contributed by atoms with E-state index in [0.717, 1.165) is 12.2 Å². The van der Waals surface area contributed by atoms with Crippen molar-refractivity contribution < 1.29 is 5.11 Å². The van der Waals surface area contributed by atoms with Crippen LogP contribution in [0.3, 0.4) is 0 Å². The number of imidazole rings is 1. The first kappa shape index (κ1) is 6.85. The topological polar surface area (TPSA) is 38.0 Å². The molecule has 0 aliphatic heterocycles. The molecule has 2 unspecified atom stereocenters. The van der Waals surface area contributed by atoms with Gasteiger partial charge in [-0.05, 0) is 13.3 Å². The van der Waals surface area contributed by atoms with Crippen LogP contribution in [-0.4, -0.2) is 21.3 Å². The lowest BCUT2D eigenvalue weighted by Gasteiger charge is -2.01. The lowest BCUT2D eigenvalue weighted by Crippen LogP contribution is -1.99. The summed E-state index contributed by atoms with van der Waals surface area (Å²) in [4.78, 5) is 4.13.